The topological polar surface area (TPSA) is 29.9 Å². The third-order valence-electron chi connectivity index (χ3n) is 3.45. The summed E-state index contributed by atoms with van der Waals surface area (Å²) >= 11 is 0. The smallest absolute Gasteiger partial charge is 0.127 e. The summed E-state index contributed by atoms with van der Waals surface area (Å²) in [5, 5.41) is 7.85. The average Bonchev–Trinajstić information content (AvgIpc) is 2.78. The summed E-state index contributed by atoms with van der Waals surface area (Å²) < 4.78 is 15.6. The lowest BCUT2D eigenvalue weighted by molar-refractivity contribution is 0.526. The molecule has 3 nitrogen and oxygen atoms in total. The van der Waals surface area contributed by atoms with Crippen molar-refractivity contribution in [2.24, 2.45) is 7.05 Å². The minimum atomic E-state index is -0.164. The van der Waals surface area contributed by atoms with Crippen LogP contribution >= 0.6 is 0 Å². The zero-order valence-electron chi connectivity index (χ0n) is 12.5. The number of hydrogen-bond donors (Lipinski definition) is 1. The zero-order valence-corrected chi connectivity index (χ0v) is 12.5. The van der Waals surface area contributed by atoms with Gasteiger partial charge in [-0.2, -0.15) is 5.10 Å². The first-order valence-corrected chi connectivity index (χ1v) is 6.99. The van der Waals surface area contributed by atoms with E-state index in [1.165, 1.54) is 11.6 Å². The van der Waals surface area contributed by atoms with Gasteiger partial charge in [0.15, 0.2) is 0 Å². The van der Waals surface area contributed by atoms with Gasteiger partial charge in [0.05, 0.1) is 5.69 Å². The van der Waals surface area contributed by atoms with Crippen molar-refractivity contribution in [3.63, 3.8) is 0 Å². The number of halogens is 1. The maximum absolute atomic E-state index is 13.7. The van der Waals surface area contributed by atoms with Crippen LogP contribution in [0.25, 0.3) is 0 Å². The van der Waals surface area contributed by atoms with Crippen LogP contribution < -0.4 is 5.32 Å². The molecule has 0 spiro atoms. The molecule has 20 heavy (non-hydrogen) atoms. The van der Waals surface area contributed by atoms with Crippen molar-refractivity contribution < 1.29 is 4.39 Å². The van der Waals surface area contributed by atoms with Gasteiger partial charge in [0, 0.05) is 37.0 Å². The molecule has 0 aliphatic rings. The molecule has 0 radical (unpaired) electrons. The molecule has 1 N–H and O–H groups in total. The van der Waals surface area contributed by atoms with Gasteiger partial charge in [-0.15, -0.1) is 0 Å². The average molecular weight is 275 g/mol. The molecule has 1 atom stereocenters. The standard InChI is InChI=1S/C16H22FN3/c1-11(2)16-13(10-20(4)19-16)9-18-12(3)14-7-5-6-8-15(14)17/h5-8,10-12,18H,9H2,1-4H3/t12-/m1/s1. The Labute approximate surface area is 119 Å². The summed E-state index contributed by atoms with van der Waals surface area (Å²) in [7, 11) is 1.93. The van der Waals surface area contributed by atoms with Crippen molar-refractivity contribution in [3.8, 4) is 0 Å². The normalized spacial score (nSPS) is 12.9. The van der Waals surface area contributed by atoms with Crippen molar-refractivity contribution in [1.29, 1.82) is 0 Å². The van der Waals surface area contributed by atoms with E-state index in [1.54, 1.807) is 6.07 Å². The highest BCUT2D eigenvalue weighted by Crippen LogP contribution is 2.20. The first-order valence-electron chi connectivity index (χ1n) is 6.99. The van der Waals surface area contributed by atoms with Crippen LogP contribution in [0.1, 0.15) is 49.6 Å². The molecule has 0 unspecified atom stereocenters. The molecule has 0 bridgehead atoms. The van der Waals surface area contributed by atoms with Crippen LogP contribution in [0.15, 0.2) is 30.5 Å². The molecule has 2 rings (SSSR count). The van der Waals surface area contributed by atoms with Crippen LogP contribution in [0.4, 0.5) is 4.39 Å². The number of hydrogen-bond acceptors (Lipinski definition) is 2. The fourth-order valence-electron chi connectivity index (χ4n) is 2.38. The lowest BCUT2D eigenvalue weighted by atomic mass is 10.0. The van der Waals surface area contributed by atoms with E-state index in [-0.39, 0.29) is 11.9 Å². The van der Waals surface area contributed by atoms with Gasteiger partial charge in [-0.05, 0) is 18.9 Å². The highest BCUT2D eigenvalue weighted by Gasteiger charge is 2.14. The maximum Gasteiger partial charge on any atom is 0.127 e. The highest BCUT2D eigenvalue weighted by molar-refractivity contribution is 5.23. The van der Waals surface area contributed by atoms with Crippen LogP contribution in [-0.2, 0) is 13.6 Å². The predicted octanol–water partition coefficient (Wildman–Crippen LogP) is 3.53. The lowest BCUT2D eigenvalue weighted by Gasteiger charge is -2.15. The number of benzene rings is 1. The minimum Gasteiger partial charge on any atom is -0.306 e. The second kappa shape index (κ2) is 6.18. The lowest BCUT2D eigenvalue weighted by Crippen LogP contribution is -2.19. The Morgan fingerprint density at radius 3 is 2.60 bits per heavy atom. The number of nitrogens with zero attached hydrogens (tertiary/aromatic N) is 2. The Hall–Kier alpha value is -1.68. The van der Waals surface area contributed by atoms with Gasteiger partial charge in [0.25, 0.3) is 0 Å². The number of rotatable bonds is 5. The molecule has 0 aliphatic carbocycles. The third-order valence-corrected chi connectivity index (χ3v) is 3.45. The Morgan fingerprint density at radius 2 is 1.95 bits per heavy atom. The van der Waals surface area contributed by atoms with E-state index in [4.69, 9.17) is 0 Å². The van der Waals surface area contributed by atoms with E-state index >= 15 is 0 Å². The predicted molar refractivity (Wildman–Crippen MR) is 79.0 cm³/mol. The van der Waals surface area contributed by atoms with Crippen molar-refractivity contribution in [3.05, 3.63) is 53.1 Å². The van der Waals surface area contributed by atoms with E-state index < -0.39 is 0 Å². The molecular formula is C16H22FN3. The fourth-order valence-corrected chi connectivity index (χ4v) is 2.38. The highest BCUT2D eigenvalue weighted by atomic mass is 19.1. The SMILES string of the molecule is CC(C)c1nn(C)cc1CN[C@H](C)c1ccccc1F. The molecule has 0 fully saturated rings. The number of nitrogens with one attached hydrogen (secondary N) is 1. The third kappa shape index (κ3) is 3.25. The second-order valence-electron chi connectivity index (χ2n) is 5.49. The quantitative estimate of drug-likeness (QED) is 0.904. The first kappa shape index (κ1) is 14.7. The van der Waals surface area contributed by atoms with E-state index in [1.807, 2.05) is 37.0 Å². The van der Waals surface area contributed by atoms with E-state index in [0.717, 1.165) is 5.69 Å². The van der Waals surface area contributed by atoms with Gasteiger partial charge >= 0.3 is 0 Å². The van der Waals surface area contributed by atoms with Gasteiger partial charge < -0.3 is 5.32 Å². The van der Waals surface area contributed by atoms with Crippen LogP contribution in [0, 0.1) is 5.82 Å². The largest absolute Gasteiger partial charge is 0.306 e. The summed E-state index contributed by atoms with van der Waals surface area (Å²) in [6, 6.07) is 6.86. The van der Waals surface area contributed by atoms with Crippen molar-refractivity contribution in [2.75, 3.05) is 0 Å². The first-order chi connectivity index (χ1) is 9.49. The second-order valence-corrected chi connectivity index (χ2v) is 5.49. The Bertz CT molecular complexity index is 575. The zero-order chi connectivity index (χ0) is 14.7. The number of aryl methyl sites for hydroxylation is 1. The molecular weight excluding hydrogens is 253 g/mol. The van der Waals surface area contributed by atoms with Gasteiger partial charge in [0.2, 0.25) is 0 Å². The van der Waals surface area contributed by atoms with Crippen molar-refractivity contribution >= 4 is 0 Å². The van der Waals surface area contributed by atoms with Crippen LogP contribution in [-0.4, -0.2) is 9.78 Å². The Morgan fingerprint density at radius 1 is 1.25 bits per heavy atom. The molecule has 0 aliphatic heterocycles. The van der Waals surface area contributed by atoms with Crippen LogP contribution in [0.5, 0.6) is 0 Å². The van der Waals surface area contributed by atoms with Crippen molar-refractivity contribution in [2.45, 2.75) is 39.3 Å². The number of aromatic nitrogens is 2. The van der Waals surface area contributed by atoms with Gasteiger partial charge in [-0.1, -0.05) is 32.0 Å². The van der Waals surface area contributed by atoms with E-state index in [2.05, 4.69) is 24.3 Å². The summed E-state index contributed by atoms with van der Waals surface area (Å²) in [5.74, 6) is 0.222. The fraction of sp³-hybridized carbons (Fsp3) is 0.438. The van der Waals surface area contributed by atoms with E-state index in [0.29, 0.717) is 18.0 Å². The molecule has 4 heteroatoms. The summed E-state index contributed by atoms with van der Waals surface area (Å²) in [4.78, 5) is 0. The molecule has 1 aromatic carbocycles. The molecule has 0 saturated heterocycles. The monoisotopic (exact) mass is 275 g/mol. The molecule has 108 valence electrons. The molecule has 1 aromatic heterocycles. The molecule has 2 aromatic rings. The summed E-state index contributed by atoms with van der Waals surface area (Å²) in [5.41, 5.74) is 2.97. The Balaban J connectivity index is 2.07. The van der Waals surface area contributed by atoms with Gasteiger partial charge in [0.1, 0.15) is 5.82 Å². The molecule has 0 saturated carbocycles. The summed E-state index contributed by atoms with van der Waals surface area (Å²) in [6.45, 7) is 6.93. The molecule has 1 heterocycles. The van der Waals surface area contributed by atoms with Crippen molar-refractivity contribution in [1.82, 2.24) is 15.1 Å². The van der Waals surface area contributed by atoms with Crippen LogP contribution in [0.2, 0.25) is 0 Å². The van der Waals surface area contributed by atoms with Crippen LogP contribution in [0.3, 0.4) is 0 Å². The Kier molecular flexibility index (Phi) is 4.55. The minimum absolute atomic E-state index is 0.0311. The maximum atomic E-state index is 13.7. The van der Waals surface area contributed by atoms with E-state index in [9.17, 15) is 4.39 Å². The van der Waals surface area contributed by atoms with Gasteiger partial charge in [-0.25, -0.2) is 4.39 Å². The molecule has 0 amide bonds. The summed E-state index contributed by atoms with van der Waals surface area (Å²) in [6.07, 6.45) is 2.02. The van der Waals surface area contributed by atoms with Gasteiger partial charge in [-0.3, -0.25) is 4.68 Å².